The molecule has 0 unspecified atom stereocenters. The summed E-state index contributed by atoms with van der Waals surface area (Å²) in [6, 6.07) is 31.1. The van der Waals surface area contributed by atoms with Crippen LogP contribution in [-0.4, -0.2) is 17.0 Å². The third kappa shape index (κ3) is 3.23. The van der Waals surface area contributed by atoms with Crippen molar-refractivity contribution in [1.29, 1.82) is 0 Å². The van der Waals surface area contributed by atoms with Crippen LogP contribution in [0.2, 0.25) is 0 Å². The molecule has 0 fully saturated rings. The Morgan fingerprint density at radius 1 is 0.657 bits per heavy atom. The summed E-state index contributed by atoms with van der Waals surface area (Å²) in [5.74, 6) is -0.729. The molecule has 0 atom stereocenters. The summed E-state index contributed by atoms with van der Waals surface area (Å²) >= 11 is 0. The first kappa shape index (κ1) is 21.2. The zero-order chi connectivity index (χ0) is 24.0. The molecule has 2 aromatic heterocycles. The molecule has 170 valence electrons. The maximum Gasteiger partial charge on any atom is 0.125 e. The Morgan fingerprint density at radius 3 is 1.91 bits per heavy atom. The van der Waals surface area contributed by atoms with Crippen molar-refractivity contribution in [2.75, 3.05) is 11.9 Å². The lowest BCUT2D eigenvalue weighted by Gasteiger charge is -2.44. The van der Waals surface area contributed by atoms with Gasteiger partial charge in [0.25, 0.3) is 0 Å². The van der Waals surface area contributed by atoms with Gasteiger partial charge >= 0.3 is 0 Å². The van der Waals surface area contributed by atoms with Gasteiger partial charge in [0.15, 0.2) is 0 Å². The molecule has 1 aliphatic rings. The molecule has 0 saturated carbocycles. The highest BCUT2D eigenvalue weighted by Crippen LogP contribution is 2.54. The molecule has 0 bridgehead atoms. The lowest BCUT2D eigenvalue weighted by molar-refractivity contribution is 0.613. The van der Waals surface area contributed by atoms with Gasteiger partial charge in [-0.15, -0.1) is 0 Å². The van der Waals surface area contributed by atoms with Crippen LogP contribution in [0.1, 0.15) is 22.5 Å². The fraction of sp³-hybridized carbons (Fsp3) is 0.0667. The first-order chi connectivity index (χ1) is 17.1. The lowest BCUT2D eigenvalue weighted by atomic mass is 9.66. The highest BCUT2D eigenvalue weighted by molar-refractivity contribution is 5.82. The number of anilines is 2. The molecule has 0 radical (unpaired) electrons. The number of hydrogen-bond acceptors (Lipinski definition) is 3. The zero-order valence-electron chi connectivity index (χ0n) is 19.0. The molecule has 3 nitrogen and oxygen atoms in total. The molecule has 3 heterocycles. The Kier molecular flexibility index (Phi) is 4.92. The molecule has 0 saturated heterocycles. The van der Waals surface area contributed by atoms with Gasteiger partial charge in [0.2, 0.25) is 0 Å². The van der Waals surface area contributed by atoms with Gasteiger partial charge in [-0.3, -0.25) is 9.97 Å². The van der Waals surface area contributed by atoms with E-state index in [0.29, 0.717) is 11.4 Å². The smallest absolute Gasteiger partial charge is 0.125 e. The van der Waals surface area contributed by atoms with E-state index in [9.17, 15) is 8.78 Å². The van der Waals surface area contributed by atoms with Crippen LogP contribution in [0.4, 0.5) is 20.2 Å². The van der Waals surface area contributed by atoms with E-state index in [1.165, 1.54) is 24.3 Å². The highest BCUT2D eigenvalue weighted by atomic mass is 19.1. The number of hydrogen-bond donors (Lipinski definition) is 0. The summed E-state index contributed by atoms with van der Waals surface area (Å²) in [7, 11) is 1.83. The van der Waals surface area contributed by atoms with Crippen molar-refractivity contribution in [3.63, 3.8) is 0 Å². The second-order valence-electron chi connectivity index (χ2n) is 8.62. The topological polar surface area (TPSA) is 29.0 Å². The standard InChI is InChI=1S/C30H21F2N3/c1-35-26-18-21(31)13-15-23(26)30(28-11-5-6-17-33-28,24-16-14-22(32)19-27(24)35)29-12-7-10-25(34-29)20-8-3-2-4-9-20/h2-19H,1H3. The summed E-state index contributed by atoms with van der Waals surface area (Å²) in [5, 5.41) is 0. The summed E-state index contributed by atoms with van der Waals surface area (Å²) in [5.41, 5.74) is 5.21. The Labute approximate surface area is 202 Å². The average molecular weight is 462 g/mol. The van der Waals surface area contributed by atoms with Crippen LogP contribution in [0.5, 0.6) is 0 Å². The molecule has 5 heteroatoms. The highest BCUT2D eigenvalue weighted by Gasteiger charge is 2.48. The maximum atomic E-state index is 14.5. The Morgan fingerprint density at radius 2 is 1.29 bits per heavy atom. The predicted molar refractivity (Wildman–Crippen MR) is 134 cm³/mol. The first-order valence-electron chi connectivity index (χ1n) is 11.4. The van der Waals surface area contributed by atoms with Gasteiger partial charge in [0.05, 0.1) is 17.1 Å². The van der Waals surface area contributed by atoms with E-state index in [4.69, 9.17) is 9.97 Å². The summed E-state index contributed by atoms with van der Waals surface area (Å²) in [4.78, 5) is 11.7. The van der Waals surface area contributed by atoms with E-state index in [2.05, 4.69) is 0 Å². The first-order valence-corrected chi connectivity index (χ1v) is 11.4. The summed E-state index contributed by atoms with van der Waals surface area (Å²) in [6.45, 7) is 0. The number of halogens is 2. The minimum atomic E-state index is -0.982. The van der Waals surface area contributed by atoms with Crippen molar-refractivity contribution in [3.8, 4) is 11.3 Å². The third-order valence-corrected chi connectivity index (χ3v) is 6.70. The largest absolute Gasteiger partial charge is 0.344 e. The molecule has 0 amide bonds. The van der Waals surface area contributed by atoms with Crippen LogP contribution in [-0.2, 0) is 5.41 Å². The fourth-order valence-corrected chi connectivity index (χ4v) is 5.15. The number of aromatic nitrogens is 2. The molecule has 35 heavy (non-hydrogen) atoms. The molecular formula is C30H21F2N3. The molecule has 0 N–H and O–H groups in total. The van der Waals surface area contributed by atoms with Crippen molar-refractivity contribution >= 4 is 11.4 Å². The van der Waals surface area contributed by atoms with Gasteiger partial charge < -0.3 is 4.90 Å². The Hall–Kier alpha value is -4.38. The van der Waals surface area contributed by atoms with Crippen molar-refractivity contribution in [2.45, 2.75) is 5.41 Å². The molecule has 0 aliphatic carbocycles. The van der Waals surface area contributed by atoms with E-state index >= 15 is 0 Å². The van der Waals surface area contributed by atoms with Crippen LogP contribution < -0.4 is 4.90 Å². The van der Waals surface area contributed by atoms with Crippen molar-refractivity contribution in [1.82, 2.24) is 9.97 Å². The minimum absolute atomic E-state index is 0.364. The second-order valence-corrected chi connectivity index (χ2v) is 8.62. The van der Waals surface area contributed by atoms with E-state index in [1.807, 2.05) is 78.7 Å². The maximum absolute atomic E-state index is 14.5. The van der Waals surface area contributed by atoms with Gasteiger partial charge in [0, 0.05) is 30.2 Å². The molecule has 5 aromatic rings. The monoisotopic (exact) mass is 461 g/mol. The van der Waals surface area contributed by atoms with E-state index in [1.54, 1.807) is 18.3 Å². The average Bonchev–Trinajstić information content (AvgIpc) is 2.91. The SMILES string of the molecule is CN1c2cc(F)ccc2C(c2ccccn2)(c2cccc(-c3ccccc3)n2)c2ccc(F)cc21. The van der Waals surface area contributed by atoms with Gasteiger partial charge in [-0.2, -0.15) is 0 Å². The van der Waals surface area contributed by atoms with E-state index in [-0.39, 0.29) is 11.6 Å². The molecule has 3 aromatic carbocycles. The van der Waals surface area contributed by atoms with Crippen LogP contribution in [0, 0.1) is 11.6 Å². The van der Waals surface area contributed by atoms with Gasteiger partial charge in [0.1, 0.15) is 17.0 Å². The second kappa shape index (κ2) is 8.13. The molecule has 6 rings (SSSR count). The van der Waals surface area contributed by atoms with E-state index < -0.39 is 5.41 Å². The normalized spacial score (nSPS) is 13.7. The number of benzene rings is 3. The van der Waals surface area contributed by atoms with Crippen molar-refractivity contribution in [2.24, 2.45) is 0 Å². The van der Waals surface area contributed by atoms with Crippen molar-refractivity contribution in [3.05, 3.63) is 143 Å². The van der Waals surface area contributed by atoms with Crippen LogP contribution in [0.15, 0.2) is 109 Å². The zero-order valence-corrected chi connectivity index (χ0v) is 19.0. The summed E-state index contributed by atoms with van der Waals surface area (Å²) < 4.78 is 29.1. The fourth-order valence-electron chi connectivity index (χ4n) is 5.15. The molecule has 0 spiro atoms. The number of nitrogens with zero attached hydrogens (tertiary/aromatic N) is 3. The summed E-state index contributed by atoms with van der Waals surface area (Å²) in [6.07, 6.45) is 1.74. The van der Waals surface area contributed by atoms with Gasteiger partial charge in [-0.1, -0.05) is 54.6 Å². The Balaban J connectivity index is 1.76. The van der Waals surface area contributed by atoms with Crippen LogP contribution >= 0.6 is 0 Å². The number of pyridine rings is 2. The van der Waals surface area contributed by atoms with Gasteiger partial charge in [-0.05, 0) is 59.7 Å². The quantitative estimate of drug-likeness (QED) is 0.293. The van der Waals surface area contributed by atoms with E-state index in [0.717, 1.165) is 33.8 Å². The molecule has 1 aliphatic heterocycles. The number of fused-ring (bicyclic) bond motifs is 2. The Bertz CT molecular complexity index is 1480. The van der Waals surface area contributed by atoms with Gasteiger partial charge in [-0.25, -0.2) is 8.78 Å². The van der Waals surface area contributed by atoms with Crippen LogP contribution in [0.25, 0.3) is 11.3 Å². The lowest BCUT2D eigenvalue weighted by Crippen LogP contribution is -2.39. The van der Waals surface area contributed by atoms with Crippen LogP contribution in [0.3, 0.4) is 0 Å². The van der Waals surface area contributed by atoms with Crippen molar-refractivity contribution < 1.29 is 8.78 Å². The number of rotatable bonds is 3. The minimum Gasteiger partial charge on any atom is -0.344 e. The molecular weight excluding hydrogens is 440 g/mol. The third-order valence-electron chi connectivity index (χ3n) is 6.70. The predicted octanol–water partition coefficient (Wildman–Crippen LogP) is 6.89.